The van der Waals surface area contributed by atoms with Crippen LogP contribution in [0, 0.1) is 0 Å². The van der Waals surface area contributed by atoms with Crippen LogP contribution >= 0.6 is 0 Å². The molecule has 17 heavy (non-hydrogen) atoms. The Hall–Kier alpha value is -1.59. The highest BCUT2D eigenvalue weighted by Gasteiger charge is 2.25. The number of rotatable bonds is 3. The molecule has 1 aromatic rings. The summed E-state index contributed by atoms with van der Waals surface area (Å²) in [5, 5.41) is 8.96. The van der Waals surface area contributed by atoms with Gasteiger partial charge in [0.2, 0.25) is 5.91 Å². The number of nitrogen functional groups attached to an aromatic ring is 1. The zero-order chi connectivity index (χ0) is 12.4. The van der Waals surface area contributed by atoms with Gasteiger partial charge in [0.15, 0.2) is 0 Å². The molecule has 1 unspecified atom stereocenters. The number of nitrogens with zero attached hydrogens (tertiary/aromatic N) is 1. The number of nitrogens with two attached hydrogens (primary N) is 2. The van der Waals surface area contributed by atoms with Crippen molar-refractivity contribution in [3.05, 3.63) is 23.8 Å². The number of aliphatic hydroxyl groups excluding tert-OH is 1. The minimum atomic E-state index is -0.414. The smallest absolute Gasteiger partial charge is 0.227 e. The normalized spacial score (nSPS) is 16.8. The lowest BCUT2D eigenvalue weighted by molar-refractivity contribution is -0.119. The Morgan fingerprint density at radius 2 is 2.18 bits per heavy atom. The van der Waals surface area contributed by atoms with Gasteiger partial charge in [0.05, 0.1) is 6.61 Å². The van der Waals surface area contributed by atoms with E-state index >= 15 is 0 Å². The maximum absolute atomic E-state index is 11.9. The predicted molar refractivity (Wildman–Crippen MR) is 66.6 cm³/mol. The van der Waals surface area contributed by atoms with E-state index in [1.54, 1.807) is 11.0 Å². The van der Waals surface area contributed by atoms with Gasteiger partial charge in [-0.2, -0.15) is 0 Å². The molecule has 5 nitrogen and oxygen atoms in total. The van der Waals surface area contributed by atoms with E-state index in [4.69, 9.17) is 16.6 Å². The van der Waals surface area contributed by atoms with Crippen molar-refractivity contribution in [3.8, 4) is 0 Å². The Morgan fingerprint density at radius 3 is 2.88 bits per heavy atom. The van der Waals surface area contributed by atoms with Crippen LogP contribution in [0.4, 0.5) is 11.4 Å². The summed E-state index contributed by atoms with van der Waals surface area (Å²) in [4.78, 5) is 13.5. The van der Waals surface area contributed by atoms with Gasteiger partial charge in [0.1, 0.15) is 0 Å². The van der Waals surface area contributed by atoms with Crippen LogP contribution < -0.4 is 16.4 Å². The molecule has 2 rings (SSSR count). The first-order valence-corrected chi connectivity index (χ1v) is 5.67. The van der Waals surface area contributed by atoms with Gasteiger partial charge in [-0.3, -0.25) is 4.79 Å². The maximum atomic E-state index is 11.9. The van der Waals surface area contributed by atoms with Crippen molar-refractivity contribution < 1.29 is 9.90 Å². The van der Waals surface area contributed by atoms with Gasteiger partial charge in [0.25, 0.3) is 0 Å². The molecule has 5 N–H and O–H groups in total. The first-order valence-electron chi connectivity index (χ1n) is 5.67. The highest BCUT2D eigenvalue weighted by Crippen LogP contribution is 2.29. The number of benzene rings is 1. The van der Waals surface area contributed by atoms with Crippen LogP contribution in [-0.2, 0) is 11.2 Å². The topological polar surface area (TPSA) is 92.6 Å². The lowest BCUT2D eigenvalue weighted by atomic mass is 10.00. The molecule has 0 aliphatic carbocycles. The third-order valence-electron chi connectivity index (χ3n) is 2.96. The summed E-state index contributed by atoms with van der Waals surface area (Å²) in [6.45, 7) is 0.209. The minimum absolute atomic E-state index is 0.0474. The number of hydrogen-bond donors (Lipinski definition) is 3. The van der Waals surface area contributed by atoms with Gasteiger partial charge in [-0.05, 0) is 30.2 Å². The number of carbonyl (C=O) groups is 1. The van der Waals surface area contributed by atoms with Gasteiger partial charge in [-0.25, -0.2) is 0 Å². The molecule has 92 valence electrons. The summed E-state index contributed by atoms with van der Waals surface area (Å²) in [6, 6.07) is 5.09. The van der Waals surface area contributed by atoms with E-state index in [1.807, 2.05) is 12.1 Å². The van der Waals surface area contributed by atoms with Crippen LogP contribution in [0.2, 0.25) is 0 Å². The van der Waals surface area contributed by atoms with Crippen LogP contribution in [0.5, 0.6) is 0 Å². The summed E-state index contributed by atoms with van der Waals surface area (Å²) >= 11 is 0. The summed E-state index contributed by atoms with van der Waals surface area (Å²) in [5.41, 5.74) is 14.0. The second-order valence-corrected chi connectivity index (χ2v) is 4.34. The molecule has 5 heteroatoms. The summed E-state index contributed by atoms with van der Waals surface area (Å²) in [7, 11) is 0. The zero-order valence-electron chi connectivity index (χ0n) is 9.60. The SMILES string of the molecule is Nc1ccc2c(c1)CCC(=O)N2CC(N)CO. The van der Waals surface area contributed by atoms with Crippen LogP contribution in [0.1, 0.15) is 12.0 Å². The van der Waals surface area contributed by atoms with Crippen LogP contribution in [0.25, 0.3) is 0 Å². The summed E-state index contributed by atoms with van der Waals surface area (Å²) in [5.74, 6) is 0.0474. The van der Waals surface area contributed by atoms with Crippen LogP contribution in [0.3, 0.4) is 0 Å². The molecule has 0 bridgehead atoms. The number of carbonyl (C=O) groups excluding carboxylic acids is 1. The number of fused-ring (bicyclic) bond motifs is 1. The first kappa shape index (κ1) is 11.9. The van der Waals surface area contributed by atoms with Gasteiger partial charge >= 0.3 is 0 Å². The van der Waals surface area contributed by atoms with Crippen molar-refractivity contribution in [3.63, 3.8) is 0 Å². The van der Waals surface area contributed by atoms with Gasteiger partial charge in [-0.1, -0.05) is 0 Å². The number of hydrogen-bond acceptors (Lipinski definition) is 4. The molecular weight excluding hydrogens is 218 g/mol. The molecule has 1 heterocycles. The first-order chi connectivity index (χ1) is 8.11. The Labute approximate surface area is 100 Å². The van der Waals surface area contributed by atoms with E-state index < -0.39 is 6.04 Å². The monoisotopic (exact) mass is 235 g/mol. The lowest BCUT2D eigenvalue weighted by Crippen LogP contribution is -2.45. The van der Waals surface area contributed by atoms with Crippen molar-refractivity contribution >= 4 is 17.3 Å². The van der Waals surface area contributed by atoms with Crippen molar-refractivity contribution in [1.29, 1.82) is 0 Å². The second kappa shape index (κ2) is 4.73. The molecule has 1 aliphatic rings. The maximum Gasteiger partial charge on any atom is 0.227 e. The van der Waals surface area contributed by atoms with Crippen molar-refractivity contribution in [1.82, 2.24) is 0 Å². The molecule has 0 fully saturated rings. The Kier molecular flexibility index (Phi) is 3.31. The standard InChI is InChI=1S/C12H17N3O2/c13-9-2-3-11-8(5-9)1-4-12(17)15(11)6-10(14)7-16/h2-3,5,10,16H,1,4,6-7,13-14H2. The van der Waals surface area contributed by atoms with Gasteiger partial charge in [-0.15, -0.1) is 0 Å². The van der Waals surface area contributed by atoms with E-state index in [2.05, 4.69) is 0 Å². The fourth-order valence-corrected chi connectivity index (χ4v) is 2.07. The molecule has 1 aromatic carbocycles. The predicted octanol–water partition coefficient (Wildman–Crippen LogP) is -0.132. The molecule has 1 aliphatic heterocycles. The molecule has 0 saturated heterocycles. The van der Waals surface area contributed by atoms with E-state index in [9.17, 15) is 4.79 Å². The Bertz CT molecular complexity index is 434. The van der Waals surface area contributed by atoms with Gasteiger partial charge < -0.3 is 21.5 Å². The van der Waals surface area contributed by atoms with Gasteiger partial charge in [0, 0.05) is 30.4 Å². The van der Waals surface area contributed by atoms with E-state index in [0.29, 0.717) is 25.1 Å². The minimum Gasteiger partial charge on any atom is -0.399 e. The summed E-state index contributed by atoms with van der Waals surface area (Å²) in [6.07, 6.45) is 1.18. The fourth-order valence-electron chi connectivity index (χ4n) is 2.07. The number of aliphatic hydroxyl groups is 1. The average Bonchev–Trinajstić information content (AvgIpc) is 2.32. The lowest BCUT2D eigenvalue weighted by Gasteiger charge is -2.31. The second-order valence-electron chi connectivity index (χ2n) is 4.34. The number of anilines is 2. The average molecular weight is 235 g/mol. The molecule has 0 aromatic heterocycles. The molecule has 1 atom stereocenters. The van der Waals surface area contributed by atoms with E-state index in [1.165, 1.54) is 0 Å². The zero-order valence-corrected chi connectivity index (χ0v) is 9.60. The fraction of sp³-hybridized carbons (Fsp3) is 0.417. The molecule has 0 saturated carbocycles. The molecule has 1 amide bonds. The molecule has 0 radical (unpaired) electrons. The summed E-state index contributed by atoms with van der Waals surface area (Å²) < 4.78 is 0. The Balaban J connectivity index is 2.30. The quantitative estimate of drug-likeness (QED) is 0.636. The largest absolute Gasteiger partial charge is 0.399 e. The molecular formula is C12H17N3O2. The highest BCUT2D eigenvalue weighted by molar-refractivity contribution is 5.96. The van der Waals surface area contributed by atoms with Crippen molar-refractivity contribution in [2.45, 2.75) is 18.9 Å². The van der Waals surface area contributed by atoms with Crippen LogP contribution in [-0.4, -0.2) is 30.2 Å². The number of amides is 1. The Morgan fingerprint density at radius 1 is 1.41 bits per heavy atom. The van der Waals surface area contributed by atoms with E-state index in [-0.39, 0.29) is 12.5 Å². The van der Waals surface area contributed by atoms with Crippen molar-refractivity contribution in [2.75, 3.05) is 23.8 Å². The van der Waals surface area contributed by atoms with E-state index in [0.717, 1.165) is 11.3 Å². The third kappa shape index (κ3) is 2.40. The number of aryl methyl sites for hydroxylation is 1. The molecule has 0 spiro atoms. The highest BCUT2D eigenvalue weighted by atomic mass is 16.3. The van der Waals surface area contributed by atoms with Crippen LogP contribution in [0.15, 0.2) is 18.2 Å². The third-order valence-corrected chi connectivity index (χ3v) is 2.96. The van der Waals surface area contributed by atoms with Crippen molar-refractivity contribution in [2.24, 2.45) is 5.73 Å².